The van der Waals surface area contributed by atoms with Crippen molar-refractivity contribution >= 4 is 11.8 Å². The standard InChI is InChI=1S/C24H35FN2O2/c1-16-10-19(13-25)12-20(11-16)17(2)26-14-18-6-8-21(9-7-18)27-15-22(24(3,4)5)29-23(27)28/h10-12,18,21-22,26H,2,6-9,13-15H2,1,3-5H3/t18-,21-,22?. The number of halogens is 1. The highest BCUT2D eigenvalue weighted by molar-refractivity contribution is 5.70. The Bertz CT molecular complexity index is 748. The third-order valence-electron chi connectivity index (χ3n) is 6.31. The lowest BCUT2D eigenvalue weighted by atomic mass is 9.84. The molecule has 1 aliphatic heterocycles. The molecule has 1 amide bonds. The molecule has 1 aliphatic carbocycles. The molecule has 1 N–H and O–H groups in total. The van der Waals surface area contributed by atoms with Crippen LogP contribution < -0.4 is 5.32 Å². The van der Waals surface area contributed by atoms with Crippen LogP contribution in [0.25, 0.3) is 5.70 Å². The number of rotatable bonds is 6. The topological polar surface area (TPSA) is 41.6 Å². The zero-order valence-corrected chi connectivity index (χ0v) is 18.3. The fraction of sp³-hybridized carbons (Fsp3) is 0.625. The SMILES string of the molecule is C=C(NC[C@H]1CC[C@H](N2CC(C(C)(C)C)OC2=O)CC1)c1cc(C)cc(CF)c1. The summed E-state index contributed by atoms with van der Waals surface area (Å²) in [5.74, 6) is 0.561. The van der Waals surface area contributed by atoms with Crippen molar-refractivity contribution < 1.29 is 13.9 Å². The first-order valence-electron chi connectivity index (χ1n) is 10.7. The van der Waals surface area contributed by atoms with Crippen molar-refractivity contribution in [1.82, 2.24) is 10.2 Å². The number of amides is 1. The Morgan fingerprint density at radius 3 is 2.52 bits per heavy atom. The van der Waals surface area contributed by atoms with Crippen molar-refractivity contribution in [2.24, 2.45) is 11.3 Å². The first-order chi connectivity index (χ1) is 13.7. The number of aryl methyl sites for hydroxylation is 1. The van der Waals surface area contributed by atoms with Crippen LogP contribution in [0.1, 0.15) is 63.1 Å². The van der Waals surface area contributed by atoms with Crippen LogP contribution in [0.4, 0.5) is 9.18 Å². The molecule has 1 unspecified atom stereocenters. The average molecular weight is 403 g/mol. The first-order valence-corrected chi connectivity index (χ1v) is 10.7. The van der Waals surface area contributed by atoms with E-state index in [0.717, 1.165) is 49.1 Å². The number of nitrogens with zero attached hydrogens (tertiary/aromatic N) is 1. The van der Waals surface area contributed by atoms with Crippen molar-refractivity contribution in [3.63, 3.8) is 0 Å². The Morgan fingerprint density at radius 1 is 1.24 bits per heavy atom. The summed E-state index contributed by atoms with van der Waals surface area (Å²) in [6.07, 6.45) is 4.02. The maximum Gasteiger partial charge on any atom is 0.410 e. The Hall–Kier alpha value is -2.04. The molecular formula is C24H35FN2O2. The van der Waals surface area contributed by atoms with Crippen molar-refractivity contribution in [1.29, 1.82) is 0 Å². The van der Waals surface area contributed by atoms with Gasteiger partial charge in [-0.05, 0) is 61.8 Å². The number of benzene rings is 1. The fourth-order valence-corrected chi connectivity index (χ4v) is 4.37. The van der Waals surface area contributed by atoms with Gasteiger partial charge in [-0.1, -0.05) is 39.0 Å². The van der Waals surface area contributed by atoms with Gasteiger partial charge in [0.15, 0.2) is 0 Å². The monoisotopic (exact) mass is 402 g/mol. The summed E-state index contributed by atoms with van der Waals surface area (Å²) in [7, 11) is 0. The molecule has 29 heavy (non-hydrogen) atoms. The van der Waals surface area contributed by atoms with E-state index >= 15 is 0 Å². The maximum absolute atomic E-state index is 13.0. The molecular weight excluding hydrogens is 367 g/mol. The van der Waals surface area contributed by atoms with Crippen LogP contribution in [0.3, 0.4) is 0 Å². The summed E-state index contributed by atoms with van der Waals surface area (Å²) in [6, 6.07) is 6.06. The molecule has 1 heterocycles. The number of carbonyl (C=O) groups excluding carboxylic acids is 1. The van der Waals surface area contributed by atoms with Crippen LogP contribution in [-0.2, 0) is 11.4 Å². The molecule has 0 aromatic heterocycles. The molecule has 1 aromatic rings. The second-order valence-electron chi connectivity index (χ2n) is 9.77. The van der Waals surface area contributed by atoms with E-state index in [-0.39, 0.29) is 23.7 Å². The van der Waals surface area contributed by atoms with Crippen molar-refractivity contribution in [2.75, 3.05) is 13.1 Å². The molecule has 1 saturated heterocycles. The van der Waals surface area contributed by atoms with Gasteiger partial charge in [0.2, 0.25) is 0 Å². The van der Waals surface area contributed by atoms with Crippen LogP contribution in [0, 0.1) is 18.3 Å². The van der Waals surface area contributed by atoms with Crippen LogP contribution in [0.15, 0.2) is 24.8 Å². The van der Waals surface area contributed by atoms with E-state index in [4.69, 9.17) is 4.74 Å². The zero-order valence-electron chi connectivity index (χ0n) is 18.3. The van der Waals surface area contributed by atoms with E-state index in [1.165, 1.54) is 0 Å². The van der Waals surface area contributed by atoms with Crippen molar-refractivity contribution in [3.05, 3.63) is 41.5 Å². The molecule has 0 spiro atoms. The normalized spacial score (nSPS) is 25.1. The molecule has 4 nitrogen and oxygen atoms in total. The Balaban J connectivity index is 1.47. The lowest BCUT2D eigenvalue weighted by molar-refractivity contribution is 0.0719. The number of carbonyl (C=O) groups is 1. The van der Waals surface area contributed by atoms with Crippen LogP contribution in [0.2, 0.25) is 0 Å². The van der Waals surface area contributed by atoms with E-state index in [1.807, 2.05) is 30.0 Å². The number of nitrogens with one attached hydrogen (secondary N) is 1. The largest absolute Gasteiger partial charge is 0.444 e. The minimum atomic E-state index is -0.457. The van der Waals surface area contributed by atoms with E-state index in [2.05, 4.69) is 32.7 Å². The molecule has 1 saturated carbocycles. The molecule has 1 aromatic carbocycles. The van der Waals surface area contributed by atoms with Gasteiger partial charge in [-0.3, -0.25) is 0 Å². The highest BCUT2D eigenvalue weighted by Crippen LogP contribution is 2.34. The molecule has 0 radical (unpaired) electrons. The highest BCUT2D eigenvalue weighted by atomic mass is 19.1. The van der Waals surface area contributed by atoms with E-state index in [0.29, 0.717) is 18.0 Å². The van der Waals surface area contributed by atoms with Gasteiger partial charge in [-0.15, -0.1) is 0 Å². The van der Waals surface area contributed by atoms with Crippen LogP contribution in [-0.4, -0.2) is 36.2 Å². The number of hydrogen-bond donors (Lipinski definition) is 1. The summed E-state index contributed by atoms with van der Waals surface area (Å²) in [5, 5.41) is 3.45. The molecule has 2 aliphatic rings. The Labute approximate surface area is 174 Å². The summed E-state index contributed by atoms with van der Waals surface area (Å²) in [5.41, 5.74) is 3.52. The third-order valence-corrected chi connectivity index (χ3v) is 6.31. The number of cyclic esters (lactones) is 1. The average Bonchev–Trinajstić information content (AvgIpc) is 3.08. The Morgan fingerprint density at radius 2 is 1.93 bits per heavy atom. The summed E-state index contributed by atoms with van der Waals surface area (Å²) < 4.78 is 18.6. The lowest BCUT2D eigenvalue weighted by Crippen LogP contribution is -2.41. The van der Waals surface area contributed by atoms with E-state index < -0.39 is 6.67 Å². The molecule has 3 rings (SSSR count). The van der Waals surface area contributed by atoms with Crippen molar-refractivity contribution in [3.8, 4) is 0 Å². The van der Waals surface area contributed by atoms with E-state index in [9.17, 15) is 9.18 Å². The van der Waals surface area contributed by atoms with Crippen LogP contribution in [0.5, 0.6) is 0 Å². The van der Waals surface area contributed by atoms with Gasteiger partial charge in [-0.2, -0.15) is 0 Å². The molecule has 2 fully saturated rings. The van der Waals surface area contributed by atoms with Crippen molar-refractivity contribution in [2.45, 2.75) is 72.2 Å². The molecule has 160 valence electrons. The maximum atomic E-state index is 13.0. The predicted molar refractivity (Wildman–Crippen MR) is 115 cm³/mol. The van der Waals surface area contributed by atoms with Crippen LogP contribution >= 0.6 is 0 Å². The highest BCUT2D eigenvalue weighted by Gasteiger charge is 2.42. The molecule has 5 heteroatoms. The van der Waals surface area contributed by atoms with Gasteiger partial charge < -0.3 is 15.0 Å². The molecule has 0 bridgehead atoms. The van der Waals surface area contributed by atoms with Gasteiger partial charge in [-0.25, -0.2) is 9.18 Å². The number of alkyl halides is 1. The predicted octanol–water partition coefficient (Wildman–Crippen LogP) is 5.45. The summed E-state index contributed by atoms with van der Waals surface area (Å²) >= 11 is 0. The first kappa shape index (κ1) is 21.7. The van der Waals surface area contributed by atoms with Gasteiger partial charge in [0.05, 0.1) is 6.54 Å². The minimum Gasteiger partial charge on any atom is -0.444 e. The zero-order chi connectivity index (χ0) is 21.2. The fourth-order valence-electron chi connectivity index (χ4n) is 4.37. The Kier molecular flexibility index (Phi) is 6.55. The summed E-state index contributed by atoms with van der Waals surface area (Å²) in [4.78, 5) is 14.3. The summed E-state index contributed by atoms with van der Waals surface area (Å²) in [6.45, 7) is 13.6. The van der Waals surface area contributed by atoms with Gasteiger partial charge >= 0.3 is 6.09 Å². The molecule has 1 atom stereocenters. The van der Waals surface area contributed by atoms with Gasteiger partial charge in [0.25, 0.3) is 0 Å². The smallest absolute Gasteiger partial charge is 0.410 e. The minimum absolute atomic E-state index is 0.0241. The van der Waals surface area contributed by atoms with Gasteiger partial charge in [0, 0.05) is 23.7 Å². The lowest BCUT2D eigenvalue weighted by Gasteiger charge is -2.34. The third kappa shape index (κ3) is 5.31. The quantitative estimate of drug-likeness (QED) is 0.688. The second kappa shape index (κ2) is 8.76. The van der Waals surface area contributed by atoms with E-state index in [1.54, 1.807) is 0 Å². The number of hydrogen-bond acceptors (Lipinski definition) is 3. The van der Waals surface area contributed by atoms with Gasteiger partial charge in [0.1, 0.15) is 12.8 Å². The second-order valence-corrected chi connectivity index (χ2v) is 9.77. The number of ether oxygens (including phenoxy) is 1.